The van der Waals surface area contributed by atoms with Crippen molar-refractivity contribution < 1.29 is 9.53 Å². The molecule has 0 unspecified atom stereocenters. The van der Waals surface area contributed by atoms with Gasteiger partial charge in [-0.25, -0.2) is 0 Å². The molecule has 0 aliphatic carbocycles. The van der Waals surface area contributed by atoms with Crippen molar-refractivity contribution in [3.05, 3.63) is 64.8 Å². The lowest BCUT2D eigenvalue weighted by Gasteiger charge is -2.03. The number of aryl methyl sites for hydroxylation is 1. The second-order valence-corrected chi connectivity index (χ2v) is 5.50. The summed E-state index contributed by atoms with van der Waals surface area (Å²) in [4.78, 5) is 15.9. The third-order valence-corrected chi connectivity index (χ3v) is 4.03. The smallest absolute Gasteiger partial charge is 0.195 e. The molecule has 2 heterocycles. The molecule has 0 saturated heterocycles. The standard InChI is InChI=1S/C18H15NO2/c1-11-2-4-16-14(8-11)15(10-19-16)18(20)13-3-5-17-12(9-13)6-7-21-17/h2-5,8-10,19H,6-7H2,1H3. The number of nitrogens with one attached hydrogen (secondary N) is 1. The number of rotatable bonds is 2. The monoisotopic (exact) mass is 277 g/mol. The lowest BCUT2D eigenvalue weighted by molar-refractivity contribution is 0.104. The molecule has 104 valence electrons. The molecule has 0 radical (unpaired) electrons. The Morgan fingerprint density at radius 1 is 1.19 bits per heavy atom. The number of H-pyrrole nitrogens is 1. The zero-order chi connectivity index (χ0) is 14.4. The van der Waals surface area contributed by atoms with E-state index in [-0.39, 0.29) is 5.78 Å². The molecule has 0 saturated carbocycles. The van der Waals surface area contributed by atoms with Gasteiger partial charge in [0.05, 0.1) is 6.61 Å². The van der Waals surface area contributed by atoms with Crippen molar-refractivity contribution in [1.29, 1.82) is 0 Å². The first kappa shape index (κ1) is 12.2. The summed E-state index contributed by atoms with van der Waals surface area (Å²) in [6.07, 6.45) is 2.68. The van der Waals surface area contributed by atoms with Crippen molar-refractivity contribution in [2.24, 2.45) is 0 Å². The Kier molecular flexibility index (Phi) is 2.61. The highest BCUT2D eigenvalue weighted by molar-refractivity contribution is 6.16. The van der Waals surface area contributed by atoms with E-state index in [1.165, 1.54) is 0 Å². The predicted molar refractivity (Wildman–Crippen MR) is 82.1 cm³/mol. The Balaban J connectivity index is 1.81. The number of aromatic nitrogens is 1. The first-order valence-electron chi connectivity index (χ1n) is 7.10. The summed E-state index contributed by atoms with van der Waals surface area (Å²) in [7, 11) is 0. The van der Waals surface area contributed by atoms with E-state index < -0.39 is 0 Å². The van der Waals surface area contributed by atoms with Gasteiger partial charge in [0.1, 0.15) is 5.75 Å². The molecule has 3 heteroatoms. The Bertz CT molecular complexity index is 861. The number of carbonyl (C=O) groups excluding carboxylic acids is 1. The molecule has 0 bridgehead atoms. The van der Waals surface area contributed by atoms with Crippen LogP contribution < -0.4 is 4.74 Å². The number of hydrogen-bond acceptors (Lipinski definition) is 2. The van der Waals surface area contributed by atoms with Crippen LogP contribution in [0, 0.1) is 6.92 Å². The summed E-state index contributed by atoms with van der Waals surface area (Å²) in [6, 6.07) is 11.8. The van der Waals surface area contributed by atoms with Crippen LogP contribution in [-0.4, -0.2) is 17.4 Å². The van der Waals surface area contributed by atoms with Crippen molar-refractivity contribution >= 4 is 16.7 Å². The fourth-order valence-corrected chi connectivity index (χ4v) is 2.91. The zero-order valence-corrected chi connectivity index (χ0v) is 11.8. The highest BCUT2D eigenvalue weighted by Gasteiger charge is 2.18. The quantitative estimate of drug-likeness (QED) is 0.727. The molecule has 0 fully saturated rings. The van der Waals surface area contributed by atoms with Gasteiger partial charge < -0.3 is 9.72 Å². The molecule has 1 aliphatic heterocycles. The molecule has 2 aromatic carbocycles. The molecule has 4 rings (SSSR count). The van der Waals surface area contributed by atoms with E-state index in [4.69, 9.17) is 4.74 Å². The molecule has 1 aromatic heterocycles. The fraction of sp³-hybridized carbons (Fsp3) is 0.167. The highest BCUT2D eigenvalue weighted by atomic mass is 16.5. The van der Waals surface area contributed by atoms with Gasteiger partial charge in [-0.2, -0.15) is 0 Å². The summed E-state index contributed by atoms with van der Waals surface area (Å²) >= 11 is 0. The first-order chi connectivity index (χ1) is 10.2. The normalized spacial score (nSPS) is 13.2. The Morgan fingerprint density at radius 3 is 3.00 bits per heavy atom. The number of benzene rings is 2. The van der Waals surface area contributed by atoms with Crippen molar-refractivity contribution in [3.8, 4) is 5.75 Å². The van der Waals surface area contributed by atoms with E-state index >= 15 is 0 Å². The molecule has 3 nitrogen and oxygen atoms in total. The number of fused-ring (bicyclic) bond motifs is 2. The molecule has 21 heavy (non-hydrogen) atoms. The summed E-state index contributed by atoms with van der Waals surface area (Å²) in [5.41, 5.74) is 4.72. The summed E-state index contributed by atoms with van der Waals surface area (Å²) in [5, 5.41) is 0.983. The minimum absolute atomic E-state index is 0.0570. The van der Waals surface area contributed by atoms with Gasteiger partial charge in [0.2, 0.25) is 0 Å². The minimum Gasteiger partial charge on any atom is -0.493 e. The van der Waals surface area contributed by atoms with Crippen LogP contribution >= 0.6 is 0 Å². The molecular weight excluding hydrogens is 262 g/mol. The molecule has 0 atom stereocenters. The Hall–Kier alpha value is -2.55. The number of ketones is 1. The van der Waals surface area contributed by atoms with Gasteiger partial charge in [-0.3, -0.25) is 4.79 Å². The lowest BCUT2D eigenvalue weighted by Crippen LogP contribution is -2.01. The molecule has 1 N–H and O–H groups in total. The topological polar surface area (TPSA) is 42.1 Å². The van der Waals surface area contributed by atoms with Gasteiger partial charge >= 0.3 is 0 Å². The maximum absolute atomic E-state index is 12.8. The molecular formula is C18H15NO2. The number of aromatic amines is 1. The second kappa shape index (κ2) is 4.48. The van der Waals surface area contributed by atoms with E-state index in [1.807, 2.05) is 37.3 Å². The van der Waals surface area contributed by atoms with Gasteiger partial charge in [0.25, 0.3) is 0 Å². The van der Waals surface area contributed by atoms with Crippen molar-refractivity contribution in [2.45, 2.75) is 13.3 Å². The maximum Gasteiger partial charge on any atom is 0.195 e. The van der Waals surface area contributed by atoms with Crippen LogP contribution in [0.1, 0.15) is 27.0 Å². The van der Waals surface area contributed by atoms with Gasteiger partial charge in [-0.05, 0) is 42.8 Å². The van der Waals surface area contributed by atoms with E-state index in [0.717, 1.165) is 45.3 Å². The van der Waals surface area contributed by atoms with Crippen LogP contribution in [0.5, 0.6) is 5.75 Å². The Morgan fingerprint density at radius 2 is 2.10 bits per heavy atom. The largest absolute Gasteiger partial charge is 0.493 e. The molecule has 0 amide bonds. The Labute approximate surface area is 122 Å². The molecule has 1 aliphatic rings. The van der Waals surface area contributed by atoms with Crippen molar-refractivity contribution in [3.63, 3.8) is 0 Å². The van der Waals surface area contributed by atoms with Crippen LogP contribution in [0.25, 0.3) is 10.9 Å². The van der Waals surface area contributed by atoms with Gasteiger partial charge in [-0.15, -0.1) is 0 Å². The van der Waals surface area contributed by atoms with Crippen LogP contribution in [0.15, 0.2) is 42.6 Å². The average molecular weight is 277 g/mol. The van der Waals surface area contributed by atoms with E-state index in [1.54, 1.807) is 6.20 Å². The van der Waals surface area contributed by atoms with Gasteiger partial charge in [0.15, 0.2) is 5.78 Å². The second-order valence-electron chi connectivity index (χ2n) is 5.50. The maximum atomic E-state index is 12.8. The fourth-order valence-electron chi connectivity index (χ4n) is 2.91. The number of ether oxygens (including phenoxy) is 1. The van der Waals surface area contributed by atoms with Crippen LogP contribution in [0.4, 0.5) is 0 Å². The van der Waals surface area contributed by atoms with E-state index in [0.29, 0.717) is 6.61 Å². The number of hydrogen-bond donors (Lipinski definition) is 1. The van der Waals surface area contributed by atoms with Gasteiger partial charge in [0, 0.05) is 34.6 Å². The summed E-state index contributed by atoms with van der Waals surface area (Å²) in [5.74, 6) is 0.961. The summed E-state index contributed by atoms with van der Waals surface area (Å²) < 4.78 is 5.49. The average Bonchev–Trinajstić information content (AvgIpc) is 3.11. The van der Waals surface area contributed by atoms with Crippen LogP contribution in [0.3, 0.4) is 0 Å². The SMILES string of the molecule is Cc1ccc2[nH]cc(C(=O)c3ccc4c(c3)CCO4)c2c1. The van der Waals surface area contributed by atoms with E-state index in [2.05, 4.69) is 11.1 Å². The van der Waals surface area contributed by atoms with Crippen LogP contribution in [0.2, 0.25) is 0 Å². The third kappa shape index (κ3) is 1.93. The molecule has 3 aromatic rings. The zero-order valence-electron chi connectivity index (χ0n) is 11.8. The van der Waals surface area contributed by atoms with Crippen molar-refractivity contribution in [2.75, 3.05) is 6.61 Å². The minimum atomic E-state index is 0.0570. The summed E-state index contributed by atoms with van der Waals surface area (Å²) in [6.45, 7) is 2.74. The first-order valence-corrected chi connectivity index (χ1v) is 7.10. The third-order valence-electron chi connectivity index (χ3n) is 4.03. The molecule has 0 spiro atoms. The predicted octanol–water partition coefficient (Wildman–Crippen LogP) is 3.64. The number of carbonyl (C=O) groups is 1. The van der Waals surface area contributed by atoms with Crippen molar-refractivity contribution in [1.82, 2.24) is 4.98 Å². The highest BCUT2D eigenvalue weighted by Crippen LogP contribution is 2.28. The van der Waals surface area contributed by atoms with Gasteiger partial charge in [-0.1, -0.05) is 11.6 Å². The lowest BCUT2D eigenvalue weighted by atomic mass is 9.99. The van der Waals surface area contributed by atoms with E-state index in [9.17, 15) is 4.79 Å². The van der Waals surface area contributed by atoms with Crippen LogP contribution in [-0.2, 0) is 6.42 Å².